The number of aromatic nitrogens is 2. The summed E-state index contributed by atoms with van der Waals surface area (Å²) in [5, 5.41) is 6.45. The number of carbonyl (C=O) groups is 1. The molecule has 140 valence electrons. The second-order valence-corrected chi connectivity index (χ2v) is 7.73. The zero-order chi connectivity index (χ0) is 18.6. The first-order valence-corrected chi connectivity index (χ1v) is 8.99. The summed E-state index contributed by atoms with van der Waals surface area (Å²) in [6, 6.07) is 0.493. The third-order valence-electron chi connectivity index (χ3n) is 4.33. The molecule has 0 unspecified atom stereocenters. The van der Waals surface area contributed by atoms with Crippen LogP contribution in [0.2, 0.25) is 5.15 Å². The van der Waals surface area contributed by atoms with Crippen molar-refractivity contribution in [3.63, 3.8) is 0 Å². The highest BCUT2D eigenvalue weighted by Crippen LogP contribution is 2.32. The molecule has 1 saturated carbocycles. The fraction of sp³-hybridized carbons (Fsp3) is 0.706. The number of nitrogens with zero attached hydrogens (tertiary/aromatic N) is 3. The van der Waals surface area contributed by atoms with Crippen molar-refractivity contribution >= 4 is 29.2 Å². The highest BCUT2D eigenvalue weighted by Gasteiger charge is 2.28. The highest BCUT2D eigenvalue weighted by atomic mass is 35.5. The third kappa shape index (κ3) is 5.36. The van der Waals surface area contributed by atoms with Crippen molar-refractivity contribution in [3.8, 4) is 0 Å². The normalized spacial score (nSPS) is 20.7. The number of nitrogens with one attached hydrogen (secondary N) is 2. The average Bonchev–Trinajstić information content (AvgIpc) is 2.52. The molecular weight excluding hydrogens is 342 g/mol. The van der Waals surface area contributed by atoms with E-state index >= 15 is 0 Å². The highest BCUT2D eigenvalue weighted by molar-refractivity contribution is 6.32. The molecular formula is C17H28ClN5O2. The van der Waals surface area contributed by atoms with Gasteiger partial charge in [0.15, 0.2) is 11.0 Å². The Bertz CT molecular complexity index is 597. The molecule has 0 radical (unpaired) electrons. The lowest BCUT2D eigenvalue weighted by atomic mass is 9.90. The number of hydrogen-bond acceptors (Lipinski definition) is 6. The summed E-state index contributed by atoms with van der Waals surface area (Å²) in [6.07, 6.45) is 4.86. The fourth-order valence-electron chi connectivity index (χ4n) is 3.09. The maximum absolute atomic E-state index is 11.9. The molecule has 7 nitrogen and oxygen atoms in total. The van der Waals surface area contributed by atoms with Crippen LogP contribution in [0.1, 0.15) is 46.5 Å². The van der Waals surface area contributed by atoms with Gasteiger partial charge in [0.25, 0.3) is 0 Å². The van der Waals surface area contributed by atoms with E-state index in [4.69, 9.17) is 16.3 Å². The molecule has 1 aliphatic rings. The first-order chi connectivity index (χ1) is 11.7. The molecule has 0 bridgehead atoms. The third-order valence-corrected chi connectivity index (χ3v) is 4.62. The monoisotopic (exact) mass is 369 g/mol. The summed E-state index contributed by atoms with van der Waals surface area (Å²) in [5.74, 6) is 0.797. The molecule has 0 aliphatic heterocycles. The van der Waals surface area contributed by atoms with E-state index in [2.05, 4.69) is 25.5 Å². The van der Waals surface area contributed by atoms with Gasteiger partial charge in [-0.25, -0.2) is 14.8 Å². The van der Waals surface area contributed by atoms with Crippen molar-refractivity contribution < 1.29 is 9.53 Å². The van der Waals surface area contributed by atoms with Crippen LogP contribution in [-0.4, -0.2) is 47.8 Å². The Morgan fingerprint density at radius 2 is 1.92 bits per heavy atom. The van der Waals surface area contributed by atoms with Crippen molar-refractivity contribution in [3.05, 3.63) is 11.5 Å². The number of hydrogen-bond donors (Lipinski definition) is 2. The summed E-state index contributed by atoms with van der Waals surface area (Å²) in [7, 11) is 3.83. The van der Waals surface area contributed by atoms with E-state index < -0.39 is 5.60 Å². The number of alkyl carbamates (subject to hydrolysis) is 1. The fourth-order valence-corrected chi connectivity index (χ4v) is 3.32. The molecule has 25 heavy (non-hydrogen) atoms. The Morgan fingerprint density at radius 3 is 2.48 bits per heavy atom. The van der Waals surface area contributed by atoms with E-state index in [9.17, 15) is 4.79 Å². The van der Waals surface area contributed by atoms with E-state index in [0.29, 0.717) is 11.2 Å². The number of carbonyl (C=O) groups excluding carboxylic acids is 1. The van der Waals surface area contributed by atoms with E-state index in [0.717, 1.165) is 37.2 Å². The molecule has 0 saturated heterocycles. The molecule has 1 aromatic rings. The van der Waals surface area contributed by atoms with Crippen LogP contribution in [0.3, 0.4) is 0 Å². The molecule has 2 N–H and O–H groups in total. The van der Waals surface area contributed by atoms with E-state index in [1.165, 1.54) is 6.33 Å². The maximum Gasteiger partial charge on any atom is 0.407 e. The molecule has 2 rings (SSSR count). The molecule has 1 aromatic heterocycles. The predicted molar refractivity (Wildman–Crippen MR) is 100 cm³/mol. The van der Waals surface area contributed by atoms with Gasteiger partial charge in [0, 0.05) is 26.2 Å². The van der Waals surface area contributed by atoms with Crippen molar-refractivity contribution in [2.45, 2.75) is 64.1 Å². The van der Waals surface area contributed by atoms with Crippen LogP contribution >= 0.6 is 11.6 Å². The van der Waals surface area contributed by atoms with Crippen LogP contribution in [0.5, 0.6) is 0 Å². The standard InChI is InChI=1S/C17H28ClN5O2/c1-17(2,3)25-16(24)22-11-6-8-12(9-7-11)23(5)15-13(19-4)14(18)20-10-21-15/h10-12,19H,6-9H2,1-5H3,(H,22,24). The van der Waals surface area contributed by atoms with Crippen LogP contribution in [-0.2, 0) is 4.74 Å². The van der Waals surface area contributed by atoms with Gasteiger partial charge in [-0.3, -0.25) is 0 Å². The first-order valence-electron chi connectivity index (χ1n) is 8.62. The number of ether oxygens (including phenoxy) is 1. The van der Waals surface area contributed by atoms with Gasteiger partial charge in [0.05, 0.1) is 0 Å². The Balaban J connectivity index is 1.92. The molecule has 0 aromatic carbocycles. The second-order valence-electron chi connectivity index (χ2n) is 7.38. The summed E-state index contributed by atoms with van der Waals surface area (Å²) < 4.78 is 5.33. The van der Waals surface area contributed by atoms with Gasteiger partial charge in [-0.05, 0) is 46.5 Å². The number of anilines is 2. The van der Waals surface area contributed by atoms with Crippen LogP contribution in [0.4, 0.5) is 16.3 Å². The number of halogens is 1. The summed E-state index contributed by atoms with van der Waals surface area (Å²) in [6.45, 7) is 5.60. The molecule has 1 amide bonds. The Kier molecular flexibility index (Phi) is 6.32. The Labute approximate surface area is 154 Å². The smallest absolute Gasteiger partial charge is 0.407 e. The molecule has 0 spiro atoms. The van der Waals surface area contributed by atoms with Crippen LogP contribution in [0.25, 0.3) is 0 Å². The number of rotatable bonds is 4. The van der Waals surface area contributed by atoms with Gasteiger partial charge in [-0.15, -0.1) is 0 Å². The van der Waals surface area contributed by atoms with Crippen LogP contribution in [0.15, 0.2) is 6.33 Å². The lowest BCUT2D eigenvalue weighted by Crippen LogP contribution is -2.44. The summed E-state index contributed by atoms with van der Waals surface area (Å²) in [5.41, 5.74) is 0.262. The minimum absolute atomic E-state index is 0.150. The first kappa shape index (κ1) is 19.6. The van der Waals surface area contributed by atoms with Gasteiger partial charge >= 0.3 is 6.09 Å². The molecule has 1 fully saturated rings. The summed E-state index contributed by atoms with van der Waals surface area (Å²) in [4.78, 5) is 22.4. The Hall–Kier alpha value is -1.76. The van der Waals surface area contributed by atoms with Crippen LogP contribution in [0, 0.1) is 0 Å². The minimum atomic E-state index is -0.475. The average molecular weight is 370 g/mol. The predicted octanol–water partition coefficient (Wildman–Crippen LogP) is 3.44. The zero-order valence-electron chi connectivity index (χ0n) is 15.6. The van der Waals surface area contributed by atoms with Gasteiger partial charge in [0.1, 0.15) is 17.6 Å². The van der Waals surface area contributed by atoms with Gasteiger partial charge in [-0.2, -0.15) is 0 Å². The zero-order valence-corrected chi connectivity index (χ0v) is 16.4. The molecule has 0 atom stereocenters. The maximum atomic E-state index is 11.9. The lowest BCUT2D eigenvalue weighted by molar-refractivity contribution is 0.0491. The number of amides is 1. The van der Waals surface area contributed by atoms with E-state index in [1.807, 2.05) is 34.9 Å². The molecule has 1 heterocycles. The van der Waals surface area contributed by atoms with E-state index in [-0.39, 0.29) is 12.1 Å². The lowest BCUT2D eigenvalue weighted by Gasteiger charge is -2.36. The van der Waals surface area contributed by atoms with Crippen LogP contribution < -0.4 is 15.5 Å². The minimum Gasteiger partial charge on any atom is -0.444 e. The van der Waals surface area contributed by atoms with Gasteiger partial charge in [0.2, 0.25) is 0 Å². The van der Waals surface area contributed by atoms with Gasteiger partial charge < -0.3 is 20.3 Å². The molecule has 1 aliphatic carbocycles. The molecule has 8 heteroatoms. The largest absolute Gasteiger partial charge is 0.444 e. The van der Waals surface area contributed by atoms with E-state index in [1.54, 1.807) is 0 Å². The van der Waals surface area contributed by atoms with Gasteiger partial charge in [-0.1, -0.05) is 11.6 Å². The van der Waals surface area contributed by atoms with Crippen molar-refractivity contribution in [1.29, 1.82) is 0 Å². The quantitative estimate of drug-likeness (QED) is 0.791. The Morgan fingerprint density at radius 1 is 1.28 bits per heavy atom. The topological polar surface area (TPSA) is 79.4 Å². The van der Waals surface area contributed by atoms with Crippen molar-refractivity contribution in [1.82, 2.24) is 15.3 Å². The van der Waals surface area contributed by atoms with Crippen molar-refractivity contribution in [2.75, 3.05) is 24.3 Å². The van der Waals surface area contributed by atoms with Crippen molar-refractivity contribution in [2.24, 2.45) is 0 Å². The summed E-state index contributed by atoms with van der Waals surface area (Å²) >= 11 is 6.14. The second kappa shape index (κ2) is 8.08. The SMILES string of the molecule is CNc1c(Cl)ncnc1N(C)C1CCC(NC(=O)OC(C)(C)C)CC1.